The van der Waals surface area contributed by atoms with E-state index in [1.54, 1.807) is 12.1 Å². The fourth-order valence-corrected chi connectivity index (χ4v) is 2.79. The predicted octanol–water partition coefficient (Wildman–Crippen LogP) is 3.06. The van der Waals surface area contributed by atoms with E-state index >= 15 is 0 Å². The Balaban J connectivity index is 2.27. The zero-order valence-electron chi connectivity index (χ0n) is 10.2. The van der Waals surface area contributed by atoms with Crippen LogP contribution in [0.2, 0.25) is 5.02 Å². The Bertz CT molecular complexity index is 738. The molecule has 4 heteroatoms. The van der Waals surface area contributed by atoms with Crippen molar-refractivity contribution in [3.8, 4) is 17.3 Å². The van der Waals surface area contributed by atoms with E-state index in [0.29, 0.717) is 5.02 Å². The lowest BCUT2D eigenvalue weighted by Gasteiger charge is -2.09. The van der Waals surface area contributed by atoms with Crippen molar-refractivity contribution in [2.24, 2.45) is 0 Å². The van der Waals surface area contributed by atoms with Gasteiger partial charge >= 0.3 is 0 Å². The van der Waals surface area contributed by atoms with Crippen LogP contribution in [0, 0.1) is 11.3 Å². The van der Waals surface area contributed by atoms with Crippen molar-refractivity contribution in [1.82, 2.24) is 4.98 Å². The lowest BCUT2D eigenvalue weighted by Crippen LogP contribution is -2.15. The van der Waals surface area contributed by atoms with Crippen LogP contribution in [-0.4, -0.2) is 4.98 Å². The quantitative estimate of drug-likeness (QED) is 0.866. The minimum atomic E-state index is -0.298. The second-order valence-electron chi connectivity index (χ2n) is 4.63. The molecule has 1 N–H and O–H groups in total. The first-order chi connectivity index (χ1) is 9.20. The summed E-state index contributed by atoms with van der Waals surface area (Å²) < 4.78 is 0. The van der Waals surface area contributed by atoms with Gasteiger partial charge in [-0.05, 0) is 48.1 Å². The van der Waals surface area contributed by atoms with Crippen LogP contribution in [0.1, 0.15) is 23.1 Å². The Morgan fingerprint density at radius 2 is 1.84 bits per heavy atom. The van der Waals surface area contributed by atoms with E-state index in [1.807, 2.05) is 18.2 Å². The molecule has 2 aromatic rings. The molecule has 0 spiro atoms. The highest BCUT2D eigenvalue weighted by Gasteiger charge is 2.22. The van der Waals surface area contributed by atoms with Crippen molar-refractivity contribution < 1.29 is 0 Å². The Morgan fingerprint density at radius 3 is 2.53 bits per heavy atom. The van der Waals surface area contributed by atoms with Gasteiger partial charge in [-0.25, -0.2) is 0 Å². The van der Waals surface area contributed by atoms with E-state index in [1.165, 1.54) is 0 Å². The summed E-state index contributed by atoms with van der Waals surface area (Å²) in [5.41, 5.74) is 3.74. The van der Waals surface area contributed by atoms with E-state index in [2.05, 4.69) is 4.98 Å². The van der Waals surface area contributed by atoms with E-state index in [-0.39, 0.29) is 11.1 Å². The predicted molar refractivity (Wildman–Crippen MR) is 74.2 cm³/mol. The fourth-order valence-electron chi connectivity index (χ4n) is 2.67. The molecule has 1 heterocycles. The maximum atomic E-state index is 12.0. The number of halogens is 1. The van der Waals surface area contributed by atoms with Crippen molar-refractivity contribution in [2.45, 2.75) is 19.3 Å². The number of fused-ring (bicyclic) bond motifs is 1. The number of nitriles is 1. The van der Waals surface area contributed by atoms with Crippen LogP contribution < -0.4 is 5.56 Å². The summed E-state index contributed by atoms with van der Waals surface area (Å²) in [6.07, 6.45) is 2.70. The van der Waals surface area contributed by atoms with E-state index in [4.69, 9.17) is 16.9 Å². The summed E-state index contributed by atoms with van der Waals surface area (Å²) >= 11 is 5.88. The molecular formula is C15H11ClN2O. The topological polar surface area (TPSA) is 56.6 Å². The van der Waals surface area contributed by atoms with Gasteiger partial charge in [0.05, 0.1) is 5.69 Å². The molecule has 3 nitrogen and oxygen atoms in total. The van der Waals surface area contributed by atoms with Crippen LogP contribution in [0.5, 0.6) is 0 Å². The number of rotatable bonds is 1. The van der Waals surface area contributed by atoms with Gasteiger partial charge in [0.1, 0.15) is 11.6 Å². The maximum Gasteiger partial charge on any atom is 0.266 e. The van der Waals surface area contributed by atoms with Gasteiger partial charge in [-0.2, -0.15) is 5.26 Å². The van der Waals surface area contributed by atoms with Crippen LogP contribution >= 0.6 is 11.6 Å². The number of aromatic nitrogens is 1. The molecule has 0 fully saturated rings. The molecular weight excluding hydrogens is 260 g/mol. The highest BCUT2D eigenvalue weighted by atomic mass is 35.5. The van der Waals surface area contributed by atoms with Crippen LogP contribution in [0.4, 0.5) is 0 Å². The SMILES string of the molecule is N#Cc1c2c(c(-c3ccc(Cl)cc3)[nH]c1=O)CCC2. The number of H-pyrrole nitrogens is 1. The average molecular weight is 271 g/mol. The zero-order valence-corrected chi connectivity index (χ0v) is 10.9. The number of hydrogen-bond acceptors (Lipinski definition) is 2. The van der Waals surface area contributed by atoms with Gasteiger partial charge in [-0.1, -0.05) is 23.7 Å². The lowest BCUT2D eigenvalue weighted by molar-refractivity contribution is 0.911. The van der Waals surface area contributed by atoms with Gasteiger partial charge in [0.15, 0.2) is 0 Å². The number of nitrogens with one attached hydrogen (secondary N) is 1. The van der Waals surface area contributed by atoms with Gasteiger partial charge in [-0.15, -0.1) is 0 Å². The van der Waals surface area contributed by atoms with Gasteiger partial charge in [-0.3, -0.25) is 4.79 Å². The summed E-state index contributed by atoms with van der Waals surface area (Å²) in [5.74, 6) is 0. The molecule has 0 amide bonds. The normalized spacial score (nSPS) is 13.1. The number of aromatic amines is 1. The number of hydrogen-bond donors (Lipinski definition) is 1. The Kier molecular flexibility index (Phi) is 2.88. The van der Waals surface area contributed by atoms with Gasteiger partial charge in [0.2, 0.25) is 0 Å². The van der Waals surface area contributed by atoms with Gasteiger partial charge in [0, 0.05) is 5.02 Å². The molecule has 3 rings (SSSR count). The molecule has 1 aliphatic carbocycles. The van der Waals surface area contributed by atoms with Crippen molar-refractivity contribution in [1.29, 1.82) is 5.26 Å². The molecule has 0 saturated carbocycles. The first-order valence-corrected chi connectivity index (χ1v) is 6.52. The Morgan fingerprint density at radius 1 is 1.16 bits per heavy atom. The standard InChI is InChI=1S/C15H11ClN2O/c16-10-6-4-9(5-7-10)14-12-3-1-2-11(12)13(8-17)15(19)18-14/h4-7H,1-3H2,(H,18,19). The monoisotopic (exact) mass is 270 g/mol. The largest absolute Gasteiger partial charge is 0.321 e. The second kappa shape index (κ2) is 4.56. The van der Waals surface area contributed by atoms with Crippen LogP contribution in [0.25, 0.3) is 11.3 Å². The smallest absolute Gasteiger partial charge is 0.266 e. The van der Waals surface area contributed by atoms with Crippen LogP contribution in [0.15, 0.2) is 29.1 Å². The molecule has 1 aliphatic rings. The fraction of sp³-hybridized carbons (Fsp3) is 0.200. The highest BCUT2D eigenvalue weighted by Crippen LogP contribution is 2.31. The number of pyridine rings is 1. The van der Waals surface area contributed by atoms with Crippen molar-refractivity contribution in [2.75, 3.05) is 0 Å². The van der Waals surface area contributed by atoms with E-state index in [9.17, 15) is 4.79 Å². The molecule has 0 saturated heterocycles. The number of nitrogens with zero attached hydrogens (tertiary/aromatic N) is 1. The molecule has 94 valence electrons. The minimum absolute atomic E-state index is 0.269. The Hall–Kier alpha value is -2.05. The summed E-state index contributed by atoms with van der Waals surface area (Å²) in [4.78, 5) is 14.8. The Labute approximate surface area is 115 Å². The molecule has 0 atom stereocenters. The zero-order chi connectivity index (χ0) is 13.4. The first-order valence-electron chi connectivity index (χ1n) is 6.15. The van der Waals surface area contributed by atoms with Crippen molar-refractivity contribution >= 4 is 11.6 Å². The van der Waals surface area contributed by atoms with Gasteiger partial charge in [0.25, 0.3) is 5.56 Å². The third-order valence-corrected chi connectivity index (χ3v) is 3.78. The molecule has 19 heavy (non-hydrogen) atoms. The van der Waals surface area contributed by atoms with Crippen molar-refractivity contribution in [3.05, 3.63) is 56.3 Å². The molecule has 1 aromatic carbocycles. The summed E-state index contributed by atoms with van der Waals surface area (Å²) in [6, 6.07) is 9.39. The summed E-state index contributed by atoms with van der Waals surface area (Å²) in [6.45, 7) is 0. The average Bonchev–Trinajstić information content (AvgIpc) is 2.88. The molecule has 0 aliphatic heterocycles. The van der Waals surface area contributed by atoms with Crippen LogP contribution in [0.3, 0.4) is 0 Å². The lowest BCUT2D eigenvalue weighted by atomic mass is 10.00. The molecule has 0 bridgehead atoms. The minimum Gasteiger partial charge on any atom is -0.321 e. The maximum absolute atomic E-state index is 12.0. The first kappa shape index (κ1) is 12.0. The number of benzene rings is 1. The van der Waals surface area contributed by atoms with Crippen LogP contribution in [-0.2, 0) is 12.8 Å². The van der Waals surface area contributed by atoms with Gasteiger partial charge < -0.3 is 4.98 Å². The summed E-state index contributed by atoms with van der Waals surface area (Å²) in [5, 5.41) is 9.76. The molecule has 0 radical (unpaired) electrons. The van der Waals surface area contributed by atoms with Crippen molar-refractivity contribution in [3.63, 3.8) is 0 Å². The second-order valence-corrected chi connectivity index (χ2v) is 5.07. The molecule has 1 aromatic heterocycles. The summed E-state index contributed by atoms with van der Waals surface area (Å²) in [7, 11) is 0. The van der Waals surface area contributed by atoms with E-state index in [0.717, 1.165) is 41.6 Å². The highest BCUT2D eigenvalue weighted by molar-refractivity contribution is 6.30. The van der Waals surface area contributed by atoms with E-state index < -0.39 is 0 Å². The molecule has 0 unspecified atom stereocenters. The third-order valence-electron chi connectivity index (χ3n) is 3.53. The third kappa shape index (κ3) is 1.94.